The van der Waals surface area contributed by atoms with Gasteiger partial charge >= 0.3 is 6.09 Å². The van der Waals surface area contributed by atoms with Crippen LogP contribution in [0.4, 0.5) is 4.79 Å². The highest BCUT2D eigenvalue weighted by Gasteiger charge is 2.39. The Hall–Kier alpha value is -3.90. The summed E-state index contributed by atoms with van der Waals surface area (Å²) in [5.74, 6) is 1.41. The molecule has 3 aromatic rings. The zero-order valence-electron chi connectivity index (χ0n) is 20.6. The van der Waals surface area contributed by atoms with Gasteiger partial charge in [0.25, 0.3) is 5.56 Å². The van der Waals surface area contributed by atoms with Crippen molar-refractivity contribution in [1.29, 1.82) is 5.26 Å². The minimum absolute atomic E-state index is 0.00893. The Morgan fingerprint density at radius 1 is 1.19 bits per heavy atom. The van der Waals surface area contributed by atoms with Crippen LogP contribution in [0.3, 0.4) is 0 Å². The van der Waals surface area contributed by atoms with Gasteiger partial charge in [0, 0.05) is 19.4 Å². The fourth-order valence-electron chi connectivity index (χ4n) is 5.64. The summed E-state index contributed by atoms with van der Waals surface area (Å²) in [6.07, 6.45) is 1.98. The van der Waals surface area contributed by atoms with Crippen LogP contribution in [0.25, 0.3) is 10.9 Å². The van der Waals surface area contributed by atoms with E-state index in [4.69, 9.17) is 19.7 Å². The van der Waals surface area contributed by atoms with E-state index in [1.54, 1.807) is 21.6 Å². The summed E-state index contributed by atoms with van der Waals surface area (Å²) >= 11 is 0. The topological polar surface area (TPSA) is 118 Å². The third-order valence-corrected chi connectivity index (χ3v) is 7.85. The standard InChI is InChI=1S/C28H28N4O5/c1-16-30-25-11-23(19-8-21(33)9-19)26(37-22-6-7-31-20(10-22)15-36-28(31)35)12-24(25)27(34)32(16)14-18-4-2-17(13-29)3-5-18/h2-5,11-12,19-22,33H,6-10,14-15H2,1H3/t19?,20-,21?,22-/m0/s1. The van der Waals surface area contributed by atoms with Crippen LogP contribution < -0.4 is 10.3 Å². The maximum atomic E-state index is 13.6. The van der Waals surface area contributed by atoms with Crippen molar-refractivity contribution in [2.24, 2.45) is 0 Å². The van der Waals surface area contributed by atoms with Gasteiger partial charge in [-0.25, -0.2) is 9.78 Å². The molecule has 2 atom stereocenters. The quantitative estimate of drug-likeness (QED) is 0.572. The van der Waals surface area contributed by atoms with Gasteiger partial charge in [0.05, 0.1) is 41.2 Å². The van der Waals surface area contributed by atoms with Crippen molar-refractivity contribution in [2.75, 3.05) is 13.2 Å². The van der Waals surface area contributed by atoms with Gasteiger partial charge in [0.1, 0.15) is 24.3 Å². The fraction of sp³-hybridized carbons (Fsp3) is 0.429. The Bertz CT molecular complexity index is 1470. The number of amides is 1. The molecule has 0 spiro atoms. The number of aliphatic hydroxyl groups excluding tert-OH is 1. The van der Waals surface area contributed by atoms with Crippen LogP contribution in [-0.4, -0.2) is 57.1 Å². The second-order valence-electron chi connectivity index (χ2n) is 10.3. The summed E-state index contributed by atoms with van der Waals surface area (Å²) in [4.78, 5) is 32.0. The van der Waals surface area contributed by atoms with Crippen molar-refractivity contribution in [3.63, 3.8) is 0 Å². The van der Waals surface area contributed by atoms with Crippen molar-refractivity contribution < 1.29 is 19.4 Å². The molecule has 0 unspecified atom stereocenters. The summed E-state index contributed by atoms with van der Waals surface area (Å²) in [7, 11) is 0. The number of carbonyl (C=O) groups excluding carboxylic acids is 1. The van der Waals surface area contributed by atoms with Crippen molar-refractivity contribution in [3.05, 3.63) is 69.3 Å². The van der Waals surface area contributed by atoms with Gasteiger partial charge < -0.3 is 19.5 Å². The Kier molecular flexibility index (Phi) is 5.84. The highest BCUT2D eigenvalue weighted by molar-refractivity contribution is 5.81. The van der Waals surface area contributed by atoms with E-state index in [0.717, 1.165) is 11.1 Å². The Labute approximate surface area is 213 Å². The first-order valence-electron chi connectivity index (χ1n) is 12.7. The average Bonchev–Trinajstić information content (AvgIpc) is 3.25. The summed E-state index contributed by atoms with van der Waals surface area (Å²) < 4.78 is 13.4. The number of hydrogen-bond acceptors (Lipinski definition) is 7. The zero-order chi connectivity index (χ0) is 25.7. The fourth-order valence-corrected chi connectivity index (χ4v) is 5.64. The monoisotopic (exact) mass is 500 g/mol. The number of piperidine rings is 1. The number of ether oxygens (including phenoxy) is 2. The Morgan fingerprint density at radius 3 is 2.70 bits per heavy atom. The maximum Gasteiger partial charge on any atom is 0.410 e. The van der Waals surface area contributed by atoms with Gasteiger partial charge in [-0.15, -0.1) is 0 Å². The van der Waals surface area contributed by atoms with Gasteiger partial charge in [0.2, 0.25) is 0 Å². The predicted molar refractivity (Wildman–Crippen MR) is 134 cm³/mol. The average molecular weight is 501 g/mol. The number of aryl methyl sites for hydroxylation is 1. The molecule has 37 heavy (non-hydrogen) atoms. The number of aliphatic hydroxyl groups is 1. The molecule has 1 amide bonds. The predicted octanol–water partition coefficient (Wildman–Crippen LogP) is 3.23. The van der Waals surface area contributed by atoms with Gasteiger partial charge in [-0.2, -0.15) is 5.26 Å². The molecule has 2 aromatic carbocycles. The van der Waals surface area contributed by atoms with Crippen LogP contribution in [0.2, 0.25) is 0 Å². The summed E-state index contributed by atoms with van der Waals surface area (Å²) in [6, 6.07) is 13.0. The lowest BCUT2D eigenvalue weighted by molar-refractivity contribution is 0.0689. The largest absolute Gasteiger partial charge is 0.490 e. The third kappa shape index (κ3) is 4.31. The number of rotatable bonds is 5. The minimum Gasteiger partial charge on any atom is -0.490 e. The van der Waals surface area contributed by atoms with Crippen molar-refractivity contribution >= 4 is 17.0 Å². The molecule has 1 aliphatic carbocycles. The summed E-state index contributed by atoms with van der Waals surface area (Å²) in [6.45, 7) is 3.12. The molecular weight excluding hydrogens is 472 g/mol. The second kappa shape index (κ2) is 9.20. The van der Waals surface area contributed by atoms with Crippen molar-refractivity contribution in [1.82, 2.24) is 14.5 Å². The molecule has 1 saturated carbocycles. The molecular formula is C28H28N4O5. The van der Waals surface area contributed by atoms with E-state index in [1.807, 2.05) is 31.2 Å². The molecule has 0 bridgehead atoms. The van der Waals surface area contributed by atoms with Crippen molar-refractivity contribution in [2.45, 2.75) is 63.3 Å². The van der Waals surface area contributed by atoms with E-state index in [-0.39, 0.29) is 35.8 Å². The molecule has 0 radical (unpaired) electrons. The van der Waals surface area contributed by atoms with Crippen LogP contribution in [-0.2, 0) is 11.3 Å². The third-order valence-electron chi connectivity index (χ3n) is 7.85. The molecule has 9 heteroatoms. The number of nitriles is 1. The summed E-state index contributed by atoms with van der Waals surface area (Å²) in [5, 5.41) is 19.5. The molecule has 1 aromatic heterocycles. The molecule has 3 fully saturated rings. The first kappa shape index (κ1) is 23.5. The van der Waals surface area contributed by atoms with E-state index in [1.165, 1.54) is 0 Å². The lowest BCUT2D eigenvalue weighted by atomic mass is 9.77. The molecule has 2 aliphatic heterocycles. The maximum absolute atomic E-state index is 13.6. The molecule has 3 heterocycles. The number of benzene rings is 2. The molecule has 3 aliphatic rings. The van der Waals surface area contributed by atoms with Crippen LogP contribution in [0.1, 0.15) is 54.1 Å². The van der Waals surface area contributed by atoms with Gasteiger partial charge in [0.15, 0.2) is 0 Å². The van der Waals surface area contributed by atoms with Crippen LogP contribution >= 0.6 is 0 Å². The smallest absolute Gasteiger partial charge is 0.410 e. The molecule has 9 nitrogen and oxygen atoms in total. The van der Waals surface area contributed by atoms with E-state index in [9.17, 15) is 14.7 Å². The van der Waals surface area contributed by atoms with E-state index in [2.05, 4.69) is 6.07 Å². The number of hydrogen-bond donors (Lipinski definition) is 1. The molecule has 1 N–H and O–H groups in total. The molecule has 6 rings (SSSR count). The van der Waals surface area contributed by atoms with E-state index < -0.39 is 0 Å². The number of cyclic esters (lactones) is 1. The summed E-state index contributed by atoms with van der Waals surface area (Å²) in [5.41, 5.74) is 2.91. The lowest BCUT2D eigenvalue weighted by Crippen LogP contribution is -2.44. The number of fused-ring (bicyclic) bond motifs is 2. The van der Waals surface area contributed by atoms with E-state index in [0.29, 0.717) is 73.4 Å². The van der Waals surface area contributed by atoms with Gasteiger partial charge in [-0.3, -0.25) is 9.36 Å². The number of aromatic nitrogens is 2. The Balaban J connectivity index is 1.35. The van der Waals surface area contributed by atoms with Crippen LogP contribution in [0, 0.1) is 18.3 Å². The highest BCUT2D eigenvalue weighted by atomic mass is 16.6. The molecule has 2 saturated heterocycles. The minimum atomic E-state index is -0.325. The molecule has 190 valence electrons. The van der Waals surface area contributed by atoms with Crippen molar-refractivity contribution in [3.8, 4) is 11.8 Å². The second-order valence-corrected chi connectivity index (χ2v) is 10.3. The van der Waals surface area contributed by atoms with Gasteiger partial charge in [-0.1, -0.05) is 12.1 Å². The van der Waals surface area contributed by atoms with Crippen LogP contribution in [0.5, 0.6) is 5.75 Å². The number of carbonyl (C=O) groups is 1. The SMILES string of the molecule is Cc1nc2cc(C3CC(O)C3)c(O[C@H]3CCN4C(=O)OC[C@@H]4C3)cc2c(=O)n1Cc1ccc(C#N)cc1. The first-order valence-corrected chi connectivity index (χ1v) is 12.7. The van der Waals surface area contributed by atoms with Crippen LogP contribution in [0.15, 0.2) is 41.2 Å². The normalized spacial score (nSPS) is 24.8. The lowest BCUT2D eigenvalue weighted by Gasteiger charge is -2.36. The number of nitrogens with zero attached hydrogens (tertiary/aromatic N) is 4. The Morgan fingerprint density at radius 2 is 1.97 bits per heavy atom. The van der Waals surface area contributed by atoms with Gasteiger partial charge in [-0.05, 0) is 61.1 Å². The first-order chi connectivity index (χ1) is 17.9. The highest BCUT2D eigenvalue weighted by Crippen LogP contribution is 2.43. The van der Waals surface area contributed by atoms with E-state index >= 15 is 0 Å². The zero-order valence-corrected chi connectivity index (χ0v) is 20.6.